The number of carbonyl (C=O) groups is 1. The van der Waals surface area contributed by atoms with Gasteiger partial charge in [0.15, 0.2) is 0 Å². The van der Waals surface area contributed by atoms with E-state index in [1.54, 1.807) is 0 Å². The van der Waals surface area contributed by atoms with Crippen LogP contribution in [-0.4, -0.2) is 12.6 Å². The second kappa shape index (κ2) is 3.59. The van der Waals surface area contributed by atoms with Crippen LogP contribution in [0, 0.1) is 23.2 Å². The maximum Gasteiger partial charge on any atom is 0.309 e. The van der Waals surface area contributed by atoms with Crippen LogP contribution in [0.4, 0.5) is 0 Å². The molecule has 17 heavy (non-hydrogen) atoms. The molecule has 0 N–H and O–H groups in total. The fourth-order valence-corrected chi connectivity index (χ4v) is 3.04. The van der Waals surface area contributed by atoms with E-state index in [0.717, 1.165) is 6.42 Å². The molecule has 2 aliphatic carbocycles. The van der Waals surface area contributed by atoms with Crippen molar-refractivity contribution in [1.82, 2.24) is 0 Å². The molecule has 3 unspecified atom stereocenters. The summed E-state index contributed by atoms with van der Waals surface area (Å²) in [6.45, 7) is 2.29. The predicted molar refractivity (Wildman–Crippen MR) is 61.2 cm³/mol. The van der Waals surface area contributed by atoms with Gasteiger partial charge in [-0.2, -0.15) is 5.26 Å². The minimum atomic E-state index is -0.0579. The Morgan fingerprint density at radius 1 is 1.59 bits per heavy atom. The average Bonchev–Trinajstić information content (AvgIpc) is 2.92. The van der Waals surface area contributed by atoms with E-state index in [9.17, 15) is 4.79 Å². The molecule has 0 aliphatic heterocycles. The molecule has 1 aromatic rings. The van der Waals surface area contributed by atoms with Gasteiger partial charge in [-0.05, 0) is 42.5 Å². The Hall–Kier alpha value is -1.82. The number of benzene rings is 1. The van der Waals surface area contributed by atoms with E-state index < -0.39 is 0 Å². The highest BCUT2D eigenvalue weighted by Gasteiger charge is 2.60. The molecule has 0 amide bonds. The Labute approximate surface area is 100 Å². The SMILES string of the molecule is CCOC(=O)C1C2Cc3cc(C#N)ccc3C21. The van der Waals surface area contributed by atoms with Gasteiger partial charge >= 0.3 is 5.97 Å². The third-order valence-corrected chi connectivity index (χ3v) is 3.81. The first-order valence-corrected chi connectivity index (χ1v) is 5.95. The van der Waals surface area contributed by atoms with E-state index >= 15 is 0 Å². The first-order valence-electron chi connectivity index (χ1n) is 5.95. The second-order valence-corrected chi connectivity index (χ2v) is 4.70. The van der Waals surface area contributed by atoms with Gasteiger partial charge in [-0.15, -0.1) is 0 Å². The van der Waals surface area contributed by atoms with Crippen LogP contribution in [0.25, 0.3) is 0 Å². The van der Waals surface area contributed by atoms with Crippen LogP contribution in [-0.2, 0) is 16.0 Å². The first kappa shape index (κ1) is 10.3. The number of carbonyl (C=O) groups excluding carboxylic acids is 1. The molecule has 0 spiro atoms. The molecule has 0 aromatic heterocycles. The highest BCUT2D eigenvalue weighted by molar-refractivity contribution is 5.79. The minimum Gasteiger partial charge on any atom is -0.466 e. The Bertz CT molecular complexity index is 530. The van der Waals surface area contributed by atoms with Crippen LogP contribution in [0.2, 0.25) is 0 Å². The smallest absolute Gasteiger partial charge is 0.309 e. The Balaban J connectivity index is 1.83. The topological polar surface area (TPSA) is 50.1 Å². The third kappa shape index (κ3) is 1.44. The largest absolute Gasteiger partial charge is 0.466 e. The van der Waals surface area contributed by atoms with Crippen LogP contribution in [0.5, 0.6) is 0 Å². The molecule has 3 heteroatoms. The molecule has 0 radical (unpaired) electrons. The monoisotopic (exact) mass is 227 g/mol. The van der Waals surface area contributed by atoms with Crippen LogP contribution in [0.1, 0.15) is 29.5 Å². The van der Waals surface area contributed by atoms with E-state index in [1.807, 2.05) is 25.1 Å². The van der Waals surface area contributed by atoms with Gasteiger partial charge in [-0.3, -0.25) is 4.79 Å². The first-order chi connectivity index (χ1) is 8.26. The van der Waals surface area contributed by atoms with Crippen LogP contribution in [0.3, 0.4) is 0 Å². The zero-order valence-corrected chi connectivity index (χ0v) is 9.64. The molecule has 0 saturated heterocycles. The molecular formula is C14H13NO2. The van der Waals surface area contributed by atoms with Gasteiger partial charge in [0, 0.05) is 5.92 Å². The fourth-order valence-electron chi connectivity index (χ4n) is 3.04. The molecule has 86 valence electrons. The summed E-state index contributed by atoms with van der Waals surface area (Å²) >= 11 is 0. The van der Waals surface area contributed by atoms with Crippen molar-refractivity contribution in [2.75, 3.05) is 6.61 Å². The number of hydrogen-bond donors (Lipinski definition) is 0. The molecule has 1 aromatic carbocycles. The van der Waals surface area contributed by atoms with E-state index in [0.29, 0.717) is 24.0 Å². The van der Waals surface area contributed by atoms with Crippen LogP contribution >= 0.6 is 0 Å². The third-order valence-electron chi connectivity index (χ3n) is 3.81. The highest BCUT2D eigenvalue weighted by atomic mass is 16.5. The quantitative estimate of drug-likeness (QED) is 0.726. The normalized spacial score (nSPS) is 27.9. The summed E-state index contributed by atoms with van der Waals surface area (Å²) in [5, 5.41) is 8.83. The number of ether oxygens (including phenoxy) is 1. The van der Waals surface area contributed by atoms with Gasteiger partial charge in [0.05, 0.1) is 24.2 Å². The van der Waals surface area contributed by atoms with Crippen molar-refractivity contribution in [1.29, 1.82) is 5.26 Å². The van der Waals surface area contributed by atoms with E-state index in [1.165, 1.54) is 11.1 Å². The van der Waals surface area contributed by atoms with Gasteiger partial charge < -0.3 is 4.74 Å². The summed E-state index contributed by atoms with van der Waals surface area (Å²) < 4.78 is 5.07. The van der Waals surface area contributed by atoms with Crippen molar-refractivity contribution < 1.29 is 9.53 Å². The minimum absolute atomic E-state index is 0.0579. The zero-order valence-electron chi connectivity index (χ0n) is 9.64. The summed E-state index contributed by atoms with van der Waals surface area (Å²) in [5.74, 6) is 0.766. The molecule has 0 heterocycles. The van der Waals surface area contributed by atoms with Crippen molar-refractivity contribution in [3.63, 3.8) is 0 Å². The zero-order chi connectivity index (χ0) is 12.0. The molecule has 3 rings (SSSR count). The van der Waals surface area contributed by atoms with Crippen molar-refractivity contribution >= 4 is 5.97 Å². The maximum atomic E-state index is 11.7. The van der Waals surface area contributed by atoms with Gasteiger partial charge in [0.2, 0.25) is 0 Å². The number of fused-ring (bicyclic) bond motifs is 3. The number of rotatable bonds is 2. The van der Waals surface area contributed by atoms with Crippen molar-refractivity contribution in [2.45, 2.75) is 19.3 Å². The molecule has 3 atom stereocenters. The van der Waals surface area contributed by atoms with E-state index in [4.69, 9.17) is 10.00 Å². The lowest BCUT2D eigenvalue weighted by Crippen LogP contribution is -2.10. The Morgan fingerprint density at radius 2 is 2.41 bits per heavy atom. The average molecular weight is 227 g/mol. The van der Waals surface area contributed by atoms with E-state index in [2.05, 4.69) is 6.07 Å². The van der Waals surface area contributed by atoms with Gasteiger partial charge in [-0.1, -0.05) is 6.07 Å². The fraction of sp³-hybridized carbons (Fsp3) is 0.429. The van der Waals surface area contributed by atoms with Gasteiger partial charge in [-0.25, -0.2) is 0 Å². The highest BCUT2D eigenvalue weighted by Crippen LogP contribution is 2.61. The molecule has 2 aliphatic rings. The van der Waals surface area contributed by atoms with Crippen LogP contribution in [0.15, 0.2) is 18.2 Å². The summed E-state index contributed by atoms with van der Waals surface area (Å²) in [6, 6.07) is 7.93. The molecule has 1 fully saturated rings. The lowest BCUT2D eigenvalue weighted by Gasteiger charge is -2.07. The van der Waals surface area contributed by atoms with Crippen LogP contribution < -0.4 is 0 Å². The van der Waals surface area contributed by atoms with Gasteiger partial charge in [0.1, 0.15) is 0 Å². The number of nitriles is 1. The molecule has 1 saturated carbocycles. The Kier molecular flexibility index (Phi) is 2.19. The van der Waals surface area contributed by atoms with Crippen molar-refractivity contribution in [2.24, 2.45) is 11.8 Å². The Morgan fingerprint density at radius 3 is 3.12 bits per heavy atom. The standard InChI is InChI=1S/C14H13NO2/c1-2-17-14(16)13-11-6-9-5-8(7-15)3-4-10(9)12(11)13/h3-5,11-13H,2,6H2,1H3. The van der Waals surface area contributed by atoms with Crippen molar-refractivity contribution in [3.05, 3.63) is 34.9 Å². The predicted octanol–water partition coefficient (Wildman–Crippen LogP) is 2.01. The lowest BCUT2D eigenvalue weighted by molar-refractivity contribution is -0.145. The number of esters is 1. The van der Waals surface area contributed by atoms with E-state index in [-0.39, 0.29) is 11.9 Å². The second-order valence-electron chi connectivity index (χ2n) is 4.70. The van der Waals surface area contributed by atoms with Gasteiger partial charge in [0.25, 0.3) is 0 Å². The molecular weight excluding hydrogens is 214 g/mol. The summed E-state index contributed by atoms with van der Waals surface area (Å²) in [5.41, 5.74) is 3.18. The molecule has 3 nitrogen and oxygen atoms in total. The van der Waals surface area contributed by atoms with Crippen molar-refractivity contribution in [3.8, 4) is 6.07 Å². The maximum absolute atomic E-state index is 11.7. The summed E-state index contributed by atoms with van der Waals surface area (Å²) in [4.78, 5) is 11.7. The molecule has 0 bridgehead atoms. The number of hydrogen-bond acceptors (Lipinski definition) is 3. The summed E-state index contributed by atoms with van der Waals surface area (Å²) in [7, 11) is 0. The summed E-state index contributed by atoms with van der Waals surface area (Å²) in [6.07, 6.45) is 0.916. The lowest BCUT2D eigenvalue weighted by atomic mass is 10.00. The number of nitrogens with zero attached hydrogens (tertiary/aromatic N) is 1.